The van der Waals surface area contributed by atoms with Gasteiger partial charge in [-0.25, -0.2) is 14.8 Å². The number of amides is 3. The lowest BCUT2D eigenvalue weighted by Crippen LogP contribution is -2.33. The van der Waals surface area contributed by atoms with Gasteiger partial charge in [-0.1, -0.05) is 11.6 Å². The minimum Gasteiger partial charge on any atom is -0.444 e. The zero-order chi connectivity index (χ0) is 24.9. The molecule has 0 spiro atoms. The van der Waals surface area contributed by atoms with Gasteiger partial charge >= 0.3 is 6.09 Å². The van der Waals surface area contributed by atoms with Gasteiger partial charge in [-0.3, -0.25) is 14.9 Å². The Kier molecular flexibility index (Phi) is 7.72. The van der Waals surface area contributed by atoms with Gasteiger partial charge in [0.2, 0.25) is 11.9 Å². The molecular weight excluding hydrogens is 460 g/mol. The smallest absolute Gasteiger partial charge is 0.407 e. The number of hydrogen-bond donors (Lipinski definition) is 3. The van der Waals surface area contributed by atoms with Gasteiger partial charge in [0.15, 0.2) is 0 Å². The number of pyridine rings is 1. The molecule has 10 nitrogen and oxygen atoms in total. The van der Waals surface area contributed by atoms with E-state index >= 15 is 0 Å². The number of imidazole rings is 1. The van der Waals surface area contributed by atoms with Crippen LogP contribution in [0, 0.1) is 0 Å². The molecule has 0 atom stereocenters. The minimum absolute atomic E-state index is 0.0758. The maximum atomic E-state index is 12.8. The third-order valence-electron chi connectivity index (χ3n) is 4.74. The first-order valence-electron chi connectivity index (χ1n) is 10.7. The lowest BCUT2D eigenvalue weighted by molar-refractivity contribution is 0.0526. The number of alkyl carbamates (subject to hydrolysis) is 1. The standard InChI is InChI=1S/C23H27ClN6O4/c1-23(2,3)34-22(33)27-10-4-5-12-30-17-9-8-14(19(25)31)13-16(17)28-21(30)29-20(32)15-7-6-11-26-18(15)24/h6-9,11,13H,4-5,10,12H2,1-3H3,(H2,25,31)(H,27,33)(H,28,29,32). The van der Waals surface area contributed by atoms with E-state index in [2.05, 4.69) is 20.6 Å². The van der Waals surface area contributed by atoms with Gasteiger partial charge in [0, 0.05) is 24.8 Å². The number of nitrogens with two attached hydrogens (primary N) is 1. The number of unbranched alkanes of at least 4 members (excludes halogenated alkanes) is 1. The second-order valence-electron chi connectivity index (χ2n) is 8.59. The molecule has 0 aliphatic rings. The van der Waals surface area contributed by atoms with E-state index in [9.17, 15) is 14.4 Å². The van der Waals surface area contributed by atoms with Crippen molar-refractivity contribution in [3.8, 4) is 0 Å². The lowest BCUT2D eigenvalue weighted by atomic mass is 10.2. The third kappa shape index (κ3) is 6.44. The Morgan fingerprint density at radius 2 is 1.94 bits per heavy atom. The van der Waals surface area contributed by atoms with Crippen molar-refractivity contribution in [2.45, 2.75) is 45.8 Å². The van der Waals surface area contributed by atoms with Crippen LogP contribution in [-0.4, -0.2) is 44.6 Å². The quantitative estimate of drug-likeness (QED) is 0.327. The van der Waals surface area contributed by atoms with Crippen LogP contribution in [0.25, 0.3) is 11.0 Å². The summed E-state index contributed by atoms with van der Waals surface area (Å²) in [7, 11) is 0. The first kappa shape index (κ1) is 25.0. The van der Waals surface area contributed by atoms with E-state index in [1.165, 1.54) is 6.20 Å². The third-order valence-corrected chi connectivity index (χ3v) is 5.04. The van der Waals surface area contributed by atoms with Gasteiger partial charge < -0.3 is 20.4 Å². The molecule has 2 heterocycles. The van der Waals surface area contributed by atoms with Crippen LogP contribution in [0.15, 0.2) is 36.5 Å². The first-order valence-corrected chi connectivity index (χ1v) is 11.1. The highest BCUT2D eigenvalue weighted by Crippen LogP contribution is 2.23. The average Bonchev–Trinajstić information content (AvgIpc) is 3.08. The second-order valence-corrected chi connectivity index (χ2v) is 8.94. The fraction of sp³-hybridized carbons (Fsp3) is 0.348. The maximum absolute atomic E-state index is 12.8. The van der Waals surface area contributed by atoms with Crippen molar-refractivity contribution < 1.29 is 19.1 Å². The van der Waals surface area contributed by atoms with Crippen molar-refractivity contribution in [2.75, 3.05) is 11.9 Å². The van der Waals surface area contributed by atoms with E-state index in [-0.39, 0.29) is 10.7 Å². The lowest BCUT2D eigenvalue weighted by Gasteiger charge is -2.19. The fourth-order valence-electron chi connectivity index (χ4n) is 3.23. The van der Waals surface area contributed by atoms with Gasteiger partial charge in [0.05, 0.1) is 16.6 Å². The molecule has 3 amide bonds. The molecule has 0 fully saturated rings. The number of nitrogens with zero attached hydrogens (tertiary/aromatic N) is 3. The number of halogens is 1. The Morgan fingerprint density at radius 1 is 1.18 bits per heavy atom. The predicted molar refractivity (Wildman–Crippen MR) is 129 cm³/mol. The molecule has 0 radical (unpaired) electrons. The van der Waals surface area contributed by atoms with Crippen LogP contribution in [0.3, 0.4) is 0 Å². The minimum atomic E-state index is -0.572. The summed E-state index contributed by atoms with van der Waals surface area (Å²) in [6.45, 7) is 6.33. The summed E-state index contributed by atoms with van der Waals surface area (Å²) < 4.78 is 7.06. The van der Waals surface area contributed by atoms with Crippen LogP contribution in [0.2, 0.25) is 5.15 Å². The number of aryl methyl sites for hydroxylation is 1. The highest BCUT2D eigenvalue weighted by Gasteiger charge is 2.18. The molecule has 2 aromatic heterocycles. The number of benzene rings is 1. The Balaban J connectivity index is 1.75. The molecule has 0 saturated heterocycles. The van der Waals surface area contributed by atoms with Crippen LogP contribution in [0.5, 0.6) is 0 Å². The monoisotopic (exact) mass is 486 g/mol. The fourth-order valence-corrected chi connectivity index (χ4v) is 3.43. The van der Waals surface area contributed by atoms with Gasteiger partial charge in [0.25, 0.3) is 5.91 Å². The van der Waals surface area contributed by atoms with Crippen LogP contribution in [-0.2, 0) is 11.3 Å². The number of primary amides is 1. The summed E-state index contributed by atoms with van der Waals surface area (Å²) in [6, 6.07) is 8.08. The van der Waals surface area contributed by atoms with E-state index < -0.39 is 23.5 Å². The number of fused-ring (bicyclic) bond motifs is 1. The van der Waals surface area contributed by atoms with E-state index in [1.54, 1.807) is 51.1 Å². The zero-order valence-electron chi connectivity index (χ0n) is 19.2. The van der Waals surface area contributed by atoms with Crippen molar-refractivity contribution >= 4 is 46.5 Å². The highest BCUT2D eigenvalue weighted by atomic mass is 35.5. The molecule has 34 heavy (non-hydrogen) atoms. The molecule has 0 saturated carbocycles. The van der Waals surface area contributed by atoms with Gasteiger partial charge in [-0.2, -0.15) is 0 Å². The summed E-state index contributed by atoms with van der Waals surface area (Å²) in [6.07, 6.45) is 2.36. The van der Waals surface area contributed by atoms with Crippen LogP contribution < -0.4 is 16.4 Å². The molecule has 3 rings (SSSR count). The highest BCUT2D eigenvalue weighted by molar-refractivity contribution is 6.33. The summed E-state index contributed by atoms with van der Waals surface area (Å²) >= 11 is 6.05. The van der Waals surface area contributed by atoms with Crippen LogP contribution >= 0.6 is 11.6 Å². The van der Waals surface area contributed by atoms with Crippen molar-refractivity contribution in [1.82, 2.24) is 19.9 Å². The van der Waals surface area contributed by atoms with Crippen molar-refractivity contribution in [3.05, 3.63) is 52.8 Å². The maximum Gasteiger partial charge on any atom is 0.407 e. The molecular formula is C23H27ClN6O4. The summed E-state index contributed by atoms with van der Waals surface area (Å²) in [5.74, 6) is -0.740. The summed E-state index contributed by atoms with van der Waals surface area (Å²) in [5.41, 5.74) is 6.58. The molecule has 0 bridgehead atoms. The number of anilines is 1. The Hall–Kier alpha value is -3.66. The van der Waals surface area contributed by atoms with Crippen molar-refractivity contribution in [2.24, 2.45) is 5.73 Å². The molecule has 11 heteroatoms. The Morgan fingerprint density at radius 3 is 2.62 bits per heavy atom. The number of carbonyl (C=O) groups is 3. The molecule has 180 valence electrons. The average molecular weight is 487 g/mol. The van der Waals surface area contributed by atoms with E-state index in [0.29, 0.717) is 43.0 Å². The van der Waals surface area contributed by atoms with E-state index in [0.717, 1.165) is 5.52 Å². The molecule has 3 aromatic rings. The molecule has 4 N–H and O–H groups in total. The predicted octanol–water partition coefficient (Wildman–Crippen LogP) is 3.74. The Labute approximate surface area is 201 Å². The van der Waals surface area contributed by atoms with Crippen molar-refractivity contribution in [1.29, 1.82) is 0 Å². The number of carbonyl (C=O) groups excluding carboxylic acids is 3. The number of nitrogens with one attached hydrogen (secondary N) is 2. The normalized spacial score (nSPS) is 11.3. The van der Waals surface area contributed by atoms with Gasteiger partial charge in [-0.05, 0) is 63.9 Å². The van der Waals surface area contributed by atoms with Gasteiger partial charge in [-0.15, -0.1) is 0 Å². The molecule has 1 aromatic carbocycles. The number of ether oxygens (including phenoxy) is 1. The van der Waals surface area contributed by atoms with Crippen molar-refractivity contribution in [3.63, 3.8) is 0 Å². The molecule has 0 aliphatic carbocycles. The SMILES string of the molecule is CC(C)(C)OC(=O)NCCCCn1c(NC(=O)c2cccnc2Cl)nc2cc(C(N)=O)ccc21. The summed E-state index contributed by atoms with van der Waals surface area (Å²) in [5, 5.41) is 5.57. The van der Waals surface area contributed by atoms with Gasteiger partial charge in [0.1, 0.15) is 10.8 Å². The number of hydrogen-bond acceptors (Lipinski definition) is 6. The number of rotatable bonds is 8. The van der Waals surface area contributed by atoms with Crippen LogP contribution in [0.1, 0.15) is 54.3 Å². The zero-order valence-corrected chi connectivity index (χ0v) is 20.0. The first-order chi connectivity index (χ1) is 16.0. The van der Waals surface area contributed by atoms with E-state index in [1.807, 2.05) is 4.57 Å². The molecule has 0 unspecified atom stereocenters. The summed E-state index contributed by atoms with van der Waals surface area (Å²) in [4.78, 5) is 44.6. The second kappa shape index (κ2) is 10.5. The van der Waals surface area contributed by atoms with Crippen LogP contribution in [0.4, 0.5) is 10.7 Å². The van der Waals surface area contributed by atoms with E-state index in [4.69, 9.17) is 22.1 Å². The largest absolute Gasteiger partial charge is 0.444 e. The topological polar surface area (TPSA) is 141 Å². The molecule has 0 aliphatic heterocycles. The Bertz CT molecular complexity index is 1220. The number of aromatic nitrogens is 3.